The largest absolute Gasteiger partial charge is 0.455 e. The van der Waals surface area contributed by atoms with Crippen molar-refractivity contribution in [1.29, 1.82) is 0 Å². The van der Waals surface area contributed by atoms with Crippen molar-refractivity contribution in [2.24, 2.45) is 0 Å². The van der Waals surface area contributed by atoms with E-state index >= 15 is 0 Å². The van der Waals surface area contributed by atoms with E-state index in [4.69, 9.17) is 15.2 Å². The van der Waals surface area contributed by atoms with Gasteiger partial charge in [-0.3, -0.25) is 0 Å². The highest BCUT2D eigenvalue weighted by molar-refractivity contribution is 5.87. The van der Waals surface area contributed by atoms with Gasteiger partial charge in [-0.15, -0.1) is 0 Å². The molecule has 1 aliphatic heterocycles. The summed E-state index contributed by atoms with van der Waals surface area (Å²) in [5, 5.41) is 4.23. The number of nitrogens with zero attached hydrogens (tertiary/aromatic N) is 2. The van der Waals surface area contributed by atoms with E-state index in [-0.39, 0.29) is 11.8 Å². The molecule has 6 nitrogen and oxygen atoms in total. The highest BCUT2D eigenvalue weighted by Gasteiger charge is 2.20. The quantitative estimate of drug-likeness (QED) is 0.687. The summed E-state index contributed by atoms with van der Waals surface area (Å²) < 4.78 is 12.3. The molecule has 1 aromatic carbocycles. The van der Waals surface area contributed by atoms with Gasteiger partial charge in [0.1, 0.15) is 6.10 Å². The number of aromatic nitrogens is 2. The van der Waals surface area contributed by atoms with Gasteiger partial charge in [-0.05, 0) is 37.1 Å². The summed E-state index contributed by atoms with van der Waals surface area (Å²) in [6.45, 7) is 1.19. The van der Waals surface area contributed by atoms with E-state index in [0.29, 0.717) is 12.3 Å². The van der Waals surface area contributed by atoms with Gasteiger partial charge in [0.2, 0.25) is 0 Å². The molecule has 3 rings (SSSR count). The maximum absolute atomic E-state index is 12.0. The summed E-state index contributed by atoms with van der Waals surface area (Å²) in [4.78, 5) is 12.0. The number of hydrogen-bond acceptors (Lipinski definition) is 5. The molecule has 1 aliphatic rings. The van der Waals surface area contributed by atoms with Gasteiger partial charge in [0.25, 0.3) is 0 Å². The van der Waals surface area contributed by atoms with Crippen LogP contribution in [0.3, 0.4) is 0 Å². The molecule has 0 radical (unpaired) electrons. The Morgan fingerprint density at radius 3 is 3.10 bits per heavy atom. The van der Waals surface area contributed by atoms with Gasteiger partial charge in [-0.2, -0.15) is 5.10 Å². The van der Waals surface area contributed by atoms with Crippen LogP contribution in [0.2, 0.25) is 0 Å². The second kappa shape index (κ2) is 5.97. The number of ether oxygens (including phenoxy) is 2. The van der Waals surface area contributed by atoms with E-state index in [9.17, 15) is 4.79 Å². The van der Waals surface area contributed by atoms with Gasteiger partial charge < -0.3 is 15.2 Å². The first-order valence-electron chi connectivity index (χ1n) is 6.93. The number of carbonyl (C=O) groups is 1. The summed E-state index contributed by atoms with van der Waals surface area (Å²) in [5.41, 5.74) is 7.47. The molecule has 0 spiro atoms. The molecule has 0 saturated carbocycles. The van der Waals surface area contributed by atoms with Crippen LogP contribution in [-0.2, 0) is 9.47 Å². The van der Waals surface area contributed by atoms with Crippen LogP contribution in [-0.4, -0.2) is 35.1 Å². The van der Waals surface area contributed by atoms with Crippen molar-refractivity contribution >= 4 is 11.7 Å². The van der Waals surface area contributed by atoms with E-state index in [1.54, 1.807) is 29.1 Å². The van der Waals surface area contributed by atoms with Crippen LogP contribution >= 0.6 is 0 Å². The summed E-state index contributed by atoms with van der Waals surface area (Å²) >= 11 is 0. The van der Waals surface area contributed by atoms with E-state index in [1.165, 1.54) is 0 Å². The van der Waals surface area contributed by atoms with E-state index in [0.717, 1.165) is 25.1 Å². The number of esters is 1. The van der Waals surface area contributed by atoms with Crippen molar-refractivity contribution in [3.63, 3.8) is 0 Å². The van der Waals surface area contributed by atoms with E-state index in [1.807, 2.05) is 12.1 Å². The predicted molar refractivity (Wildman–Crippen MR) is 77.2 cm³/mol. The van der Waals surface area contributed by atoms with Crippen molar-refractivity contribution in [1.82, 2.24) is 9.78 Å². The normalized spacial score (nSPS) is 18.4. The van der Waals surface area contributed by atoms with Crippen molar-refractivity contribution in [2.75, 3.05) is 18.9 Å². The first-order valence-corrected chi connectivity index (χ1v) is 6.93. The fourth-order valence-corrected chi connectivity index (χ4v) is 2.26. The lowest BCUT2D eigenvalue weighted by Gasteiger charge is -2.21. The predicted octanol–water partition coefficient (Wildman–Crippen LogP) is 1.79. The fraction of sp³-hybridized carbons (Fsp3) is 0.333. The van der Waals surface area contributed by atoms with Gasteiger partial charge in [0.05, 0.1) is 12.3 Å². The molecule has 0 bridgehead atoms. The molecule has 0 aliphatic carbocycles. The summed E-state index contributed by atoms with van der Waals surface area (Å²) in [7, 11) is 0. The first kappa shape index (κ1) is 13.6. The number of anilines is 1. The molecule has 1 fully saturated rings. The Morgan fingerprint density at radius 2 is 2.33 bits per heavy atom. The summed E-state index contributed by atoms with van der Waals surface area (Å²) in [5.74, 6) is -0.423. The molecule has 1 saturated heterocycles. The van der Waals surface area contributed by atoms with Gasteiger partial charge >= 0.3 is 5.97 Å². The maximum atomic E-state index is 12.0. The topological polar surface area (TPSA) is 79.4 Å². The molecular weight excluding hydrogens is 270 g/mol. The van der Waals surface area contributed by atoms with Crippen LogP contribution in [0.15, 0.2) is 36.5 Å². The first-order chi connectivity index (χ1) is 10.2. The maximum Gasteiger partial charge on any atom is 0.359 e. The Bertz CT molecular complexity index is 633. The van der Waals surface area contributed by atoms with Crippen molar-refractivity contribution < 1.29 is 14.3 Å². The second-order valence-electron chi connectivity index (χ2n) is 4.98. The molecule has 1 atom stereocenters. The van der Waals surface area contributed by atoms with E-state index < -0.39 is 5.97 Å². The lowest BCUT2D eigenvalue weighted by molar-refractivity contribution is -0.0309. The Balaban J connectivity index is 1.70. The number of benzene rings is 1. The summed E-state index contributed by atoms with van der Waals surface area (Å²) in [6, 6.07) is 8.93. The molecule has 21 heavy (non-hydrogen) atoms. The van der Waals surface area contributed by atoms with Crippen LogP contribution in [0.25, 0.3) is 5.69 Å². The highest BCUT2D eigenvalue weighted by Crippen LogP contribution is 2.14. The van der Waals surface area contributed by atoms with Gasteiger partial charge in [-0.25, -0.2) is 9.48 Å². The molecule has 2 N–H and O–H groups in total. The average molecular weight is 287 g/mol. The average Bonchev–Trinajstić information content (AvgIpc) is 2.98. The molecule has 1 aromatic heterocycles. The van der Waals surface area contributed by atoms with Crippen LogP contribution in [0.1, 0.15) is 23.3 Å². The highest BCUT2D eigenvalue weighted by atomic mass is 16.6. The number of hydrogen-bond donors (Lipinski definition) is 1. The minimum Gasteiger partial charge on any atom is -0.455 e. The Labute approximate surface area is 122 Å². The van der Waals surface area contributed by atoms with Crippen molar-refractivity contribution in [2.45, 2.75) is 18.9 Å². The smallest absolute Gasteiger partial charge is 0.359 e. The number of rotatable bonds is 3. The third kappa shape index (κ3) is 3.22. The number of nitrogens with two attached hydrogens (primary N) is 1. The minimum absolute atomic E-state index is 0.177. The molecule has 110 valence electrons. The van der Waals surface area contributed by atoms with Gasteiger partial charge in [0, 0.05) is 18.5 Å². The Hall–Kier alpha value is -2.34. The monoisotopic (exact) mass is 287 g/mol. The molecule has 1 unspecified atom stereocenters. The fourth-order valence-electron chi connectivity index (χ4n) is 2.26. The lowest BCUT2D eigenvalue weighted by atomic mass is 10.2. The zero-order valence-electron chi connectivity index (χ0n) is 11.6. The number of nitrogen functional groups attached to an aromatic ring is 1. The van der Waals surface area contributed by atoms with Crippen molar-refractivity contribution in [3.8, 4) is 5.69 Å². The zero-order chi connectivity index (χ0) is 14.7. The third-order valence-corrected chi connectivity index (χ3v) is 3.33. The molecule has 0 amide bonds. The summed E-state index contributed by atoms with van der Waals surface area (Å²) in [6.07, 6.45) is 3.28. The van der Waals surface area contributed by atoms with Gasteiger partial charge in [-0.1, -0.05) is 6.07 Å². The Morgan fingerprint density at radius 1 is 1.43 bits per heavy atom. The second-order valence-corrected chi connectivity index (χ2v) is 4.98. The standard InChI is InChI=1S/C15H17N3O3/c16-11-3-1-4-12(9-11)18-7-6-14(17-18)15(19)21-13-5-2-8-20-10-13/h1,3-4,6-7,9,13H,2,5,8,10,16H2. The third-order valence-electron chi connectivity index (χ3n) is 3.33. The van der Waals surface area contributed by atoms with Crippen LogP contribution in [0.5, 0.6) is 0 Å². The van der Waals surface area contributed by atoms with Crippen LogP contribution < -0.4 is 5.73 Å². The number of carbonyl (C=O) groups excluding carboxylic acids is 1. The van der Waals surface area contributed by atoms with Crippen LogP contribution in [0, 0.1) is 0 Å². The lowest BCUT2D eigenvalue weighted by Crippen LogP contribution is -2.28. The molecule has 6 heteroatoms. The molecule has 2 aromatic rings. The minimum atomic E-state index is -0.423. The van der Waals surface area contributed by atoms with E-state index in [2.05, 4.69) is 5.10 Å². The van der Waals surface area contributed by atoms with Crippen molar-refractivity contribution in [3.05, 3.63) is 42.2 Å². The van der Waals surface area contributed by atoms with Gasteiger partial charge in [0.15, 0.2) is 5.69 Å². The Kier molecular flexibility index (Phi) is 3.87. The van der Waals surface area contributed by atoms with Crippen LogP contribution in [0.4, 0.5) is 5.69 Å². The zero-order valence-corrected chi connectivity index (χ0v) is 11.6. The molecular formula is C15H17N3O3. The molecule has 2 heterocycles. The SMILES string of the molecule is Nc1cccc(-n2ccc(C(=O)OC3CCCOC3)n2)c1.